The van der Waals surface area contributed by atoms with Crippen molar-refractivity contribution in [3.05, 3.63) is 11.6 Å². The molecule has 88 valence electrons. The number of hydrogen-bond acceptors (Lipinski definition) is 1. The summed E-state index contributed by atoms with van der Waals surface area (Å²) >= 11 is 0. The van der Waals surface area contributed by atoms with E-state index in [0.717, 1.165) is 6.42 Å². The predicted octanol–water partition coefficient (Wildman–Crippen LogP) is 3.74. The first-order chi connectivity index (χ1) is 7.34. The Balaban J connectivity index is 2.20. The third-order valence-electron chi connectivity index (χ3n) is 5.90. The second-order valence-electron chi connectivity index (χ2n) is 7.13. The summed E-state index contributed by atoms with van der Waals surface area (Å²) in [6, 6.07) is 0. The highest BCUT2D eigenvalue weighted by molar-refractivity contribution is 5.91. The number of carbonyl (C=O) groups excluding carboxylic acids is 1. The molecule has 0 aromatic carbocycles. The Hall–Kier alpha value is -0.590. The zero-order chi connectivity index (χ0) is 11.8. The van der Waals surface area contributed by atoms with Crippen molar-refractivity contribution in [1.82, 2.24) is 0 Å². The van der Waals surface area contributed by atoms with E-state index in [1.54, 1.807) is 0 Å². The van der Waals surface area contributed by atoms with Crippen LogP contribution in [0.3, 0.4) is 0 Å². The van der Waals surface area contributed by atoms with Crippen LogP contribution in [-0.2, 0) is 4.79 Å². The van der Waals surface area contributed by atoms with Crippen LogP contribution < -0.4 is 0 Å². The average molecular weight is 218 g/mol. The van der Waals surface area contributed by atoms with E-state index < -0.39 is 0 Å². The van der Waals surface area contributed by atoms with Crippen LogP contribution in [0.15, 0.2) is 11.6 Å². The van der Waals surface area contributed by atoms with E-state index in [2.05, 4.69) is 33.8 Å². The van der Waals surface area contributed by atoms with Crippen molar-refractivity contribution >= 4 is 5.78 Å². The fourth-order valence-electron chi connectivity index (χ4n) is 5.28. The van der Waals surface area contributed by atoms with Crippen molar-refractivity contribution in [2.75, 3.05) is 0 Å². The maximum atomic E-state index is 12.3. The molecule has 1 spiro atoms. The Bertz CT molecular complexity index is 404. The Morgan fingerprint density at radius 1 is 1.25 bits per heavy atom. The van der Waals surface area contributed by atoms with Gasteiger partial charge in [-0.15, -0.1) is 0 Å². The molecule has 0 bridgehead atoms. The molecule has 0 unspecified atom stereocenters. The van der Waals surface area contributed by atoms with Crippen LogP contribution in [-0.4, -0.2) is 5.78 Å². The predicted molar refractivity (Wildman–Crippen MR) is 65.0 cm³/mol. The van der Waals surface area contributed by atoms with Crippen LogP contribution in [0.25, 0.3) is 0 Å². The van der Waals surface area contributed by atoms with E-state index in [1.807, 2.05) is 0 Å². The zero-order valence-electron chi connectivity index (χ0n) is 10.9. The van der Waals surface area contributed by atoms with Gasteiger partial charge in [0.1, 0.15) is 5.78 Å². The first-order valence-electron chi connectivity index (χ1n) is 6.56. The van der Waals surface area contributed by atoms with Crippen LogP contribution in [0.5, 0.6) is 0 Å². The van der Waals surface area contributed by atoms with Crippen molar-refractivity contribution in [2.45, 2.75) is 53.4 Å². The smallest absolute Gasteiger partial charge is 0.141 e. The van der Waals surface area contributed by atoms with E-state index in [-0.39, 0.29) is 16.7 Å². The Morgan fingerprint density at radius 3 is 2.56 bits per heavy atom. The molecule has 0 N–H and O–H groups in total. The van der Waals surface area contributed by atoms with Crippen LogP contribution in [0.4, 0.5) is 0 Å². The minimum Gasteiger partial charge on any atom is -0.299 e. The molecule has 3 rings (SSSR count). The number of allylic oxidation sites excluding steroid dienone is 2. The molecule has 1 nitrogen and oxygen atoms in total. The molecule has 3 aliphatic carbocycles. The number of Topliss-reactive ketones (excluding diaryl/α,β-unsaturated/α-hetero) is 1. The van der Waals surface area contributed by atoms with Crippen molar-refractivity contribution in [3.63, 3.8) is 0 Å². The van der Waals surface area contributed by atoms with Gasteiger partial charge in [0.15, 0.2) is 0 Å². The molecule has 0 saturated heterocycles. The second-order valence-corrected chi connectivity index (χ2v) is 7.13. The van der Waals surface area contributed by atoms with Crippen molar-refractivity contribution in [1.29, 1.82) is 0 Å². The summed E-state index contributed by atoms with van der Waals surface area (Å²) in [5, 5.41) is 0. The molecule has 1 heteroatoms. The number of hydrogen-bond donors (Lipinski definition) is 0. The fourth-order valence-corrected chi connectivity index (χ4v) is 5.28. The van der Waals surface area contributed by atoms with Crippen LogP contribution in [0.2, 0.25) is 0 Å². The maximum Gasteiger partial charge on any atom is 0.141 e. The molecule has 2 fully saturated rings. The monoisotopic (exact) mass is 218 g/mol. The lowest BCUT2D eigenvalue weighted by molar-refractivity contribution is -0.124. The van der Waals surface area contributed by atoms with E-state index in [4.69, 9.17) is 0 Å². The minimum atomic E-state index is 0.194. The quantitative estimate of drug-likeness (QED) is 0.566. The molecule has 0 aromatic rings. The van der Waals surface area contributed by atoms with E-state index >= 15 is 0 Å². The lowest BCUT2D eigenvalue weighted by Gasteiger charge is -2.62. The molecule has 2 saturated carbocycles. The van der Waals surface area contributed by atoms with Gasteiger partial charge in [-0.1, -0.05) is 38.8 Å². The SMILES string of the molecule is CC1=C[C@]23[C@H]1C(=O)C[C@@]2(C)CCCC3(C)C. The van der Waals surface area contributed by atoms with Gasteiger partial charge < -0.3 is 0 Å². The number of ketones is 1. The molecule has 0 amide bonds. The summed E-state index contributed by atoms with van der Waals surface area (Å²) in [6.45, 7) is 9.25. The van der Waals surface area contributed by atoms with Crippen LogP contribution in [0, 0.1) is 22.2 Å². The Kier molecular flexibility index (Phi) is 1.73. The van der Waals surface area contributed by atoms with Gasteiger partial charge in [0.25, 0.3) is 0 Å². The van der Waals surface area contributed by atoms with Gasteiger partial charge in [-0.3, -0.25) is 4.79 Å². The zero-order valence-corrected chi connectivity index (χ0v) is 10.9. The van der Waals surface area contributed by atoms with Gasteiger partial charge in [-0.05, 0) is 30.6 Å². The average Bonchev–Trinajstić information content (AvgIpc) is 2.28. The van der Waals surface area contributed by atoms with Crippen molar-refractivity contribution in [3.8, 4) is 0 Å². The standard InChI is InChI=1S/C15H22O/c1-10-8-15-12(10)11(16)9-14(15,4)7-5-6-13(15,2)3/h8,12H,5-7,9H2,1-4H3/t12-,14-,15-/m1/s1. The molecule has 0 heterocycles. The summed E-state index contributed by atoms with van der Waals surface area (Å²) in [7, 11) is 0. The molecule has 3 atom stereocenters. The summed E-state index contributed by atoms with van der Waals surface area (Å²) in [5.74, 6) is 0.769. The molecular formula is C15H22O. The second kappa shape index (κ2) is 2.63. The van der Waals surface area contributed by atoms with Gasteiger partial charge >= 0.3 is 0 Å². The van der Waals surface area contributed by atoms with Crippen LogP contribution in [0.1, 0.15) is 53.4 Å². The van der Waals surface area contributed by atoms with Crippen molar-refractivity contribution < 1.29 is 4.79 Å². The summed E-state index contributed by atoms with van der Waals surface area (Å²) in [5.41, 5.74) is 2.08. The van der Waals surface area contributed by atoms with E-state index in [1.165, 1.54) is 24.8 Å². The molecule has 0 aliphatic heterocycles. The Labute approximate surface area is 98.3 Å². The molecule has 16 heavy (non-hydrogen) atoms. The highest BCUT2D eigenvalue weighted by Gasteiger charge is 2.71. The first-order valence-corrected chi connectivity index (χ1v) is 6.56. The van der Waals surface area contributed by atoms with Gasteiger partial charge in [-0.25, -0.2) is 0 Å². The summed E-state index contributed by atoms with van der Waals surface area (Å²) in [6.07, 6.45) is 7.06. The highest BCUT2D eigenvalue weighted by atomic mass is 16.1. The Morgan fingerprint density at radius 2 is 1.94 bits per heavy atom. The fraction of sp³-hybridized carbons (Fsp3) is 0.800. The minimum absolute atomic E-state index is 0.194. The van der Waals surface area contributed by atoms with E-state index in [0.29, 0.717) is 11.2 Å². The number of rotatable bonds is 0. The normalized spacial score (nSPS) is 49.1. The number of carbonyl (C=O) groups is 1. The molecule has 0 radical (unpaired) electrons. The highest BCUT2D eigenvalue weighted by Crippen LogP contribution is 2.75. The van der Waals surface area contributed by atoms with Crippen molar-refractivity contribution in [2.24, 2.45) is 22.2 Å². The lowest BCUT2D eigenvalue weighted by Crippen LogP contribution is -2.56. The van der Waals surface area contributed by atoms with Gasteiger partial charge in [-0.2, -0.15) is 0 Å². The van der Waals surface area contributed by atoms with E-state index in [9.17, 15) is 4.79 Å². The van der Waals surface area contributed by atoms with Gasteiger partial charge in [0.2, 0.25) is 0 Å². The van der Waals surface area contributed by atoms with Crippen LogP contribution >= 0.6 is 0 Å². The summed E-state index contributed by atoms with van der Waals surface area (Å²) in [4.78, 5) is 12.3. The largest absolute Gasteiger partial charge is 0.299 e. The topological polar surface area (TPSA) is 17.1 Å². The maximum absolute atomic E-state index is 12.3. The molecule has 3 aliphatic rings. The molecule has 0 aromatic heterocycles. The molecular weight excluding hydrogens is 196 g/mol. The third-order valence-corrected chi connectivity index (χ3v) is 5.90. The third kappa shape index (κ3) is 0.846. The lowest BCUT2D eigenvalue weighted by atomic mass is 9.41. The first kappa shape index (κ1) is 10.6. The van der Waals surface area contributed by atoms with Gasteiger partial charge in [0, 0.05) is 17.8 Å². The summed E-state index contributed by atoms with van der Waals surface area (Å²) < 4.78 is 0. The van der Waals surface area contributed by atoms with Gasteiger partial charge in [0.05, 0.1) is 0 Å².